The third kappa shape index (κ3) is 3.27. The van der Waals surface area contributed by atoms with Crippen LogP contribution in [0.25, 0.3) is 0 Å². The summed E-state index contributed by atoms with van der Waals surface area (Å²) in [5.41, 5.74) is 0.897. The molecule has 0 saturated carbocycles. The average Bonchev–Trinajstić information content (AvgIpc) is 3.40. The highest BCUT2D eigenvalue weighted by Crippen LogP contribution is 2.49. The first-order valence-corrected chi connectivity index (χ1v) is 11.3. The van der Waals surface area contributed by atoms with Crippen LogP contribution in [0.1, 0.15) is 28.8 Å². The number of non-ortho nitro benzene ring substituents is 1. The second-order valence-electron chi connectivity index (χ2n) is 8.67. The maximum Gasteiger partial charge on any atom is 0.269 e. The third-order valence-corrected chi connectivity index (χ3v) is 7.50. The highest BCUT2D eigenvalue weighted by Gasteiger charge is 2.65. The number of hydrogen-bond donors (Lipinski definition) is 0. The van der Waals surface area contributed by atoms with Crippen LogP contribution in [0, 0.1) is 28.9 Å². The van der Waals surface area contributed by atoms with Gasteiger partial charge in [0, 0.05) is 28.8 Å². The number of imide groups is 1. The third-order valence-electron chi connectivity index (χ3n) is 6.95. The van der Waals surface area contributed by atoms with E-state index in [-0.39, 0.29) is 34.0 Å². The minimum absolute atomic E-state index is 0.122. The SMILES string of the molecule is Cc1cc([N+](=O)[O-])ccc1N1C(=O)C2C(C1=O)C(C(=O)c1ccc(Cl)cc1Cl)N1CCCC21. The molecule has 0 aromatic heterocycles. The number of hydrogen-bond acceptors (Lipinski definition) is 6. The standard InChI is InChI=1S/C23H19Cl2N3O5/c1-11-9-13(28(32)33)5-7-16(11)27-22(30)18-17-3-2-8-26(17)20(19(18)23(27)31)21(29)14-6-4-12(24)10-15(14)25/h4-7,9-10,17-20H,2-3,8H2,1H3. The molecule has 2 amide bonds. The number of fused-ring (bicyclic) bond motifs is 3. The van der Waals surface area contributed by atoms with Crippen molar-refractivity contribution < 1.29 is 19.3 Å². The molecular weight excluding hydrogens is 469 g/mol. The summed E-state index contributed by atoms with van der Waals surface area (Å²) in [5.74, 6) is -2.61. The smallest absolute Gasteiger partial charge is 0.269 e. The first-order valence-electron chi connectivity index (χ1n) is 10.6. The number of nitro groups is 1. The second-order valence-corrected chi connectivity index (χ2v) is 9.52. The summed E-state index contributed by atoms with van der Waals surface area (Å²) in [4.78, 5) is 54.4. The number of carbonyl (C=O) groups excluding carboxylic acids is 3. The predicted molar refractivity (Wildman–Crippen MR) is 122 cm³/mol. The summed E-state index contributed by atoms with van der Waals surface area (Å²) in [5, 5.41) is 11.7. The van der Waals surface area contributed by atoms with Gasteiger partial charge in [0.1, 0.15) is 0 Å². The minimum Gasteiger partial charge on any atom is -0.292 e. The molecule has 0 radical (unpaired) electrons. The molecule has 0 bridgehead atoms. The van der Waals surface area contributed by atoms with Gasteiger partial charge in [-0.2, -0.15) is 0 Å². The van der Waals surface area contributed by atoms with E-state index in [1.807, 2.05) is 4.90 Å². The number of anilines is 1. The van der Waals surface area contributed by atoms with Crippen molar-refractivity contribution in [1.29, 1.82) is 0 Å². The van der Waals surface area contributed by atoms with Gasteiger partial charge in [-0.25, -0.2) is 4.90 Å². The summed E-state index contributed by atoms with van der Waals surface area (Å²) >= 11 is 12.3. The number of ketones is 1. The molecule has 3 aliphatic heterocycles. The zero-order chi connectivity index (χ0) is 23.6. The van der Waals surface area contributed by atoms with E-state index in [0.29, 0.717) is 29.2 Å². The van der Waals surface area contributed by atoms with Gasteiger partial charge in [-0.3, -0.25) is 29.4 Å². The summed E-state index contributed by atoms with van der Waals surface area (Å²) in [7, 11) is 0. The molecule has 8 nitrogen and oxygen atoms in total. The lowest BCUT2D eigenvalue weighted by molar-refractivity contribution is -0.384. The Morgan fingerprint density at radius 1 is 1.09 bits per heavy atom. The van der Waals surface area contributed by atoms with Crippen LogP contribution in [0.4, 0.5) is 11.4 Å². The summed E-state index contributed by atoms with van der Waals surface area (Å²) in [6, 6.07) is 7.61. The summed E-state index contributed by atoms with van der Waals surface area (Å²) in [6.07, 6.45) is 1.54. The van der Waals surface area contributed by atoms with Crippen molar-refractivity contribution in [2.24, 2.45) is 11.8 Å². The Bertz CT molecular complexity index is 1230. The molecule has 33 heavy (non-hydrogen) atoms. The largest absolute Gasteiger partial charge is 0.292 e. The molecular formula is C23H19Cl2N3O5. The van der Waals surface area contributed by atoms with Crippen molar-refractivity contribution in [2.45, 2.75) is 31.8 Å². The van der Waals surface area contributed by atoms with E-state index in [9.17, 15) is 24.5 Å². The molecule has 3 saturated heterocycles. The van der Waals surface area contributed by atoms with Crippen molar-refractivity contribution in [1.82, 2.24) is 4.90 Å². The molecule has 3 fully saturated rings. The number of benzene rings is 2. The Hall–Kier alpha value is -2.81. The highest BCUT2D eigenvalue weighted by molar-refractivity contribution is 6.37. The molecule has 4 atom stereocenters. The monoisotopic (exact) mass is 487 g/mol. The molecule has 2 aromatic carbocycles. The lowest BCUT2D eigenvalue weighted by atomic mass is 9.85. The van der Waals surface area contributed by atoms with Gasteiger partial charge in [0.15, 0.2) is 5.78 Å². The maximum absolute atomic E-state index is 13.6. The van der Waals surface area contributed by atoms with Gasteiger partial charge < -0.3 is 0 Å². The Kier molecular flexibility index (Phi) is 5.27. The van der Waals surface area contributed by atoms with E-state index < -0.39 is 28.7 Å². The first kappa shape index (κ1) is 22.0. The summed E-state index contributed by atoms with van der Waals surface area (Å²) in [6.45, 7) is 2.24. The predicted octanol–water partition coefficient (Wildman–Crippen LogP) is 4.05. The molecule has 170 valence electrons. The Morgan fingerprint density at radius 3 is 2.48 bits per heavy atom. The summed E-state index contributed by atoms with van der Waals surface area (Å²) < 4.78 is 0. The van der Waals surface area contributed by atoms with Crippen LogP contribution in [0.15, 0.2) is 36.4 Å². The van der Waals surface area contributed by atoms with Crippen molar-refractivity contribution >= 4 is 52.2 Å². The van der Waals surface area contributed by atoms with Gasteiger partial charge in [0.25, 0.3) is 5.69 Å². The lowest BCUT2D eigenvalue weighted by Crippen LogP contribution is -2.46. The van der Waals surface area contributed by atoms with Crippen molar-refractivity contribution in [2.75, 3.05) is 11.4 Å². The minimum atomic E-state index is -0.836. The van der Waals surface area contributed by atoms with Gasteiger partial charge in [-0.05, 0) is 56.1 Å². The van der Waals surface area contributed by atoms with E-state index >= 15 is 0 Å². The maximum atomic E-state index is 13.6. The molecule has 0 aliphatic carbocycles. The number of carbonyl (C=O) groups is 3. The first-order chi connectivity index (χ1) is 15.7. The van der Waals surface area contributed by atoms with Crippen LogP contribution in [0.5, 0.6) is 0 Å². The number of nitro benzene ring substituents is 1. The molecule has 3 aliphatic rings. The van der Waals surface area contributed by atoms with Crippen LogP contribution >= 0.6 is 23.2 Å². The van der Waals surface area contributed by atoms with E-state index in [1.165, 1.54) is 24.3 Å². The molecule has 10 heteroatoms. The number of nitrogens with zero attached hydrogens (tertiary/aromatic N) is 3. The number of amides is 2. The molecule has 4 unspecified atom stereocenters. The van der Waals surface area contributed by atoms with E-state index in [4.69, 9.17) is 23.2 Å². The van der Waals surface area contributed by atoms with Gasteiger partial charge >= 0.3 is 0 Å². The molecule has 2 aromatic rings. The molecule has 0 N–H and O–H groups in total. The fourth-order valence-electron chi connectivity index (χ4n) is 5.61. The Labute approximate surface area is 199 Å². The van der Waals surface area contributed by atoms with Crippen LogP contribution in [-0.4, -0.2) is 46.0 Å². The molecule has 5 rings (SSSR count). The van der Waals surface area contributed by atoms with Crippen molar-refractivity contribution in [3.05, 3.63) is 67.7 Å². The van der Waals surface area contributed by atoms with E-state index in [1.54, 1.807) is 19.1 Å². The number of Topliss-reactive ketones (excluding diaryl/α,β-unsaturated/α-hetero) is 1. The van der Waals surface area contributed by atoms with Crippen LogP contribution < -0.4 is 4.90 Å². The lowest BCUT2D eigenvalue weighted by Gasteiger charge is -2.28. The zero-order valence-electron chi connectivity index (χ0n) is 17.5. The van der Waals surface area contributed by atoms with E-state index in [0.717, 1.165) is 11.3 Å². The van der Waals surface area contributed by atoms with Crippen molar-refractivity contribution in [3.63, 3.8) is 0 Å². The van der Waals surface area contributed by atoms with Crippen LogP contribution in [-0.2, 0) is 9.59 Å². The quantitative estimate of drug-likeness (QED) is 0.279. The average molecular weight is 488 g/mol. The van der Waals surface area contributed by atoms with Crippen molar-refractivity contribution in [3.8, 4) is 0 Å². The fraction of sp³-hybridized carbons (Fsp3) is 0.348. The van der Waals surface area contributed by atoms with Crippen LogP contribution in [0.2, 0.25) is 10.0 Å². The topological polar surface area (TPSA) is 101 Å². The normalized spacial score (nSPS) is 26.6. The number of aryl methyl sites for hydroxylation is 1. The molecule has 3 heterocycles. The second kappa shape index (κ2) is 7.90. The van der Waals surface area contributed by atoms with E-state index in [2.05, 4.69) is 0 Å². The fourth-order valence-corrected chi connectivity index (χ4v) is 6.11. The van der Waals surface area contributed by atoms with Crippen LogP contribution in [0.3, 0.4) is 0 Å². The number of rotatable bonds is 4. The molecule has 0 spiro atoms. The highest BCUT2D eigenvalue weighted by atomic mass is 35.5. The van der Waals surface area contributed by atoms with Gasteiger partial charge in [0.2, 0.25) is 11.8 Å². The van der Waals surface area contributed by atoms with Gasteiger partial charge in [0.05, 0.1) is 33.5 Å². The Balaban J connectivity index is 1.56. The number of halogens is 2. The van der Waals surface area contributed by atoms with Gasteiger partial charge in [-0.1, -0.05) is 23.2 Å². The zero-order valence-corrected chi connectivity index (χ0v) is 19.0. The Morgan fingerprint density at radius 2 is 1.82 bits per heavy atom. The van der Waals surface area contributed by atoms with Gasteiger partial charge in [-0.15, -0.1) is 0 Å².